The molecular weight excluding hydrogens is 214 g/mol. The summed E-state index contributed by atoms with van der Waals surface area (Å²) in [7, 11) is 1.95. The highest BCUT2D eigenvalue weighted by Crippen LogP contribution is 2.39. The fraction of sp³-hybridized carbons (Fsp3) is 0.923. The molecule has 1 aliphatic carbocycles. The van der Waals surface area contributed by atoms with E-state index < -0.39 is 0 Å². The van der Waals surface area contributed by atoms with Gasteiger partial charge in [0.25, 0.3) is 0 Å². The quantitative estimate of drug-likeness (QED) is 0.781. The van der Waals surface area contributed by atoms with Crippen molar-refractivity contribution in [1.29, 1.82) is 0 Å². The van der Waals surface area contributed by atoms with Crippen LogP contribution in [0.5, 0.6) is 0 Å². The molecule has 96 valence electrons. The van der Waals surface area contributed by atoms with Crippen LogP contribution in [0.2, 0.25) is 0 Å². The van der Waals surface area contributed by atoms with Crippen LogP contribution in [0.25, 0.3) is 0 Å². The Morgan fingerprint density at radius 2 is 2.06 bits per heavy atom. The van der Waals surface area contributed by atoms with Gasteiger partial charge in [-0.25, -0.2) is 4.79 Å². The molecule has 1 N–H and O–H groups in total. The molecule has 2 unspecified atom stereocenters. The highest BCUT2D eigenvalue weighted by molar-refractivity contribution is 5.77. The van der Waals surface area contributed by atoms with Gasteiger partial charge in [0, 0.05) is 33.2 Å². The summed E-state index contributed by atoms with van der Waals surface area (Å²) in [6, 6.07) is 0.106. The molecule has 3 fully saturated rings. The first-order valence-electron chi connectivity index (χ1n) is 6.85. The normalized spacial score (nSPS) is 36.4. The van der Waals surface area contributed by atoms with E-state index in [0.717, 1.165) is 44.3 Å². The van der Waals surface area contributed by atoms with Gasteiger partial charge < -0.3 is 15.1 Å². The van der Waals surface area contributed by atoms with E-state index in [1.165, 1.54) is 13.0 Å². The molecule has 2 atom stereocenters. The van der Waals surface area contributed by atoms with Crippen molar-refractivity contribution in [2.24, 2.45) is 11.8 Å². The number of urea groups is 1. The van der Waals surface area contributed by atoms with Crippen molar-refractivity contribution < 1.29 is 4.79 Å². The van der Waals surface area contributed by atoms with Crippen LogP contribution in [0.15, 0.2) is 0 Å². The standard InChI is InChI=1S/C13H23N3O/c1-10-7-11(10)8-16-5-3-13(4-6-16)9-14-12(17)15(13)2/h10-11H,3-9H2,1-2H3,(H,14,17). The number of amides is 2. The van der Waals surface area contributed by atoms with E-state index in [9.17, 15) is 4.79 Å². The van der Waals surface area contributed by atoms with Crippen molar-refractivity contribution >= 4 is 6.03 Å². The van der Waals surface area contributed by atoms with Gasteiger partial charge in [0.2, 0.25) is 0 Å². The molecule has 17 heavy (non-hydrogen) atoms. The topological polar surface area (TPSA) is 35.6 Å². The number of carbonyl (C=O) groups is 1. The highest BCUT2D eigenvalue weighted by Gasteiger charge is 2.45. The predicted molar refractivity (Wildman–Crippen MR) is 66.8 cm³/mol. The van der Waals surface area contributed by atoms with Crippen molar-refractivity contribution in [2.45, 2.75) is 31.7 Å². The molecule has 0 aromatic carbocycles. The Labute approximate surface area is 103 Å². The van der Waals surface area contributed by atoms with E-state index in [-0.39, 0.29) is 11.6 Å². The van der Waals surface area contributed by atoms with E-state index in [1.54, 1.807) is 0 Å². The zero-order valence-corrected chi connectivity index (χ0v) is 10.9. The number of hydrogen-bond donors (Lipinski definition) is 1. The summed E-state index contributed by atoms with van der Waals surface area (Å²) in [5.74, 6) is 1.90. The lowest BCUT2D eigenvalue weighted by molar-refractivity contribution is 0.0877. The van der Waals surface area contributed by atoms with Crippen LogP contribution in [-0.4, -0.2) is 54.6 Å². The van der Waals surface area contributed by atoms with Gasteiger partial charge in [-0.1, -0.05) is 6.92 Å². The number of rotatable bonds is 2. The first-order valence-corrected chi connectivity index (χ1v) is 6.85. The summed E-state index contributed by atoms with van der Waals surface area (Å²) in [6.45, 7) is 6.78. The maximum Gasteiger partial charge on any atom is 0.317 e. The molecule has 2 aliphatic heterocycles. The van der Waals surface area contributed by atoms with E-state index in [2.05, 4.69) is 17.1 Å². The maximum absolute atomic E-state index is 11.6. The van der Waals surface area contributed by atoms with Crippen LogP contribution in [0.4, 0.5) is 4.79 Å². The van der Waals surface area contributed by atoms with Crippen LogP contribution in [0.3, 0.4) is 0 Å². The second-order valence-corrected chi connectivity index (χ2v) is 6.22. The third-order valence-corrected chi connectivity index (χ3v) is 5.14. The van der Waals surface area contributed by atoms with Crippen molar-refractivity contribution in [1.82, 2.24) is 15.1 Å². The summed E-state index contributed by atoms with van der Waals surface area (Å²) in [4.78, 5) is 16.1. The Kier molecular flexibility index (Phi) is 2.58. The average molecular weight is 237 g/mol. The smallest absolute Gasteiger partial charge is 0.317 e. The van der Waals surface area contributed by atoms with Gasteiger partial charge in [0.1, 0.15) is 0 Å². The van der Waals surface area contributed by atoms with E-state index in [4.69, 9.17) is 0 Å². The Hall–Kier alpha value is -0.770. The second-order valence-electron chi connectivity index (χ2n) is 6.22. The van der Waals surface area contributed by atoms with Crippen LogP contribution < -0.4 is 5.32 Å². The number of nitrogens with zero attached hydrogens (tertiary/aromatic N) is 2. The lowest BCUT2D eigenvalue weighted by Gasteiger charge is -2.42. The predicted octanol–water partition coefficient (Wildman–Crippen LogP) is 1.13. The van der Waals surface area contributed by atoms with Crippen LogP contribution >= 0.6 is 0 Å². The van der Waals surface area contributed by atoms with Crippen LogP contribution in [0, 0.1) is 11.8 Å². The van der Waals surface area contributed by atoms with E-state index >= 15 is 0 Å². The molecule has 1 spiro atoms. The molecule has 2 heterocycles. The SMILES string of the molecule is CC1CC1CN1CCC2(CC1)CNC(=O)N2C. The van der Waals surface area contributed by atoms with Crippen molar-refractivity contribution in [3.63, 3.8) is 0 Å². The Morgan fingerprint density at radius 1 is 1.41 bits per heavy atom. The third kappa shape index (κ3) is 1.92. The van der Waals surface area contributed by atoms with Gasteiger partial charge in [0.15, 0.2) is 0 Å². The minimum Gasteiger partial charge on any atom is -0.336 e. The number of piperidine rings is 1. The van der Waals surface area contributed by atoms with Crippen LogP contribution in [-0.2, 0) is 0 Å². The molecule has 0 bridgehead atoms. The zero-order chi connectivity index (χ0) is 12.0. The molecule has 2 amide bonds. The Bertz CT molecular complexity index is 323. The maximum atomic E-state index is 11.6. The third-order valence-electron chi connectivity index (χ3n) is 5.14. The summed E-state index contributed by atoms with van der Waals surface area (Å²) in [5, 5.41) is 2.97. The molecule has 0 aromatic rings. The molecule has 4 heteroatoms. The number of hydrogen-bond acceptors (Lipinski definition) is 2. The number of nitrogens with one attached hydrogen (secondary N) is 1. The monoisotopic (exact) mass is 237 g/mol. The summed E-state index contributed by atoms with van der Waals surface area (Å²) >= 11 is 0. The molecule has 0 aromatic heterocycles. The van der Waals surface area contributed by atoms with E-state index in [0.29, 0.717) is 0 Å². The van der Waals surface area contributed by atoms with E-state index in [1.807, 2.05) is 11.9 Å². The minimum atomic E-state index is 0.106. The minimum absolute atomic E-state index is 0.106. The van der Waals surface area contributed by atoms with Crippen molar-refractivity contribution in [3.8, 4) is 0 Å². The highest BCUT2D eigenvalue weighted by atomic mass is 16.2. The molecular formula is C13H23N3O. The van der Waals surface area contributed by atoms with Crippen LogP contribution in [0.1, 0.15) is 26.2 Å². The largest absolute Gasteiger partial charge is 0.336 e. The fourth-order valence-corrected chi connectivity index (χ4v) is 3.34. The summed E-state index contributed by atoms with van der Waals surface area (Å²) in [6.07, 6.45) is 3.67. The Balaban J connectivity index is 1.55. The number of likely N-dealkylation sites (N-methyl/N-ethyl adjacent to an activating group) is 1. The fourth-order valence-electron chi connectivity index (χ4n) is 3.34. The second kappa shape index (κ2) is 3.87. The zero-order valence-electron chi connectivity index (χ0n) is 10.9. The van der Waals surface area contributed by atoms with Gasteiger partial charge in [-0.2, -0.15) is 0 Å². The molecule has 3 rings (SSSR count). The van der Waals surface area contributed by atoms with Gasteiger partial charge in [-0.15, -0.1) is 0 Å². The molecule has 4 nitrogen and oxygen atoms in total. The molecule has 1 saturated carbocycles. The summed E-state index contributed by atoms with van der Waals surface area (Å²) < 4.78 is 0. The first-order chi connectivity index (χ1) is 8.11. The van der Waals surface area contributed by atoms with Crippen molar-refractivity contribution in [2.75, 3.05) is 33.2 Å². The molecule has 3 aliphatic rings. The number of carbonyl (C=O) groups excluding carboxylic acids is 1. The average Bonchev–Trinajstić information content (AvgIpc) is 2.96. The van der Waals surface area contributed by atoms with Gasteiger partial charge in [-0.05, 0) is 31.1 Å². The van der Waals surface area contributed by atoms with Gasteiger partial charge in [0.05, 0.1) is 5.54 Å². The lowest BCUT2D eigenvalue weighted by Crippen LogP contribution is -2.53. The first kappa shape index (κ1) is 11.3. The number of likely N-dealkylation sites (tertiary alicyclic amines) is 1. The van der Waals surface area contributed by atoms with Crippen molar-refractivity contribution in [3.05, 3.63) is 0 Å². The molecule has 2 saturated heterocycles. The van der Waals surface area contributed by atoms with Gasteiger partial charge >= 0.3 is 6.03 Å². The Morgan fingerprint density at radius 3 is 2.53 bits per heavy atom. The lowest BCUT2D eigenvalue weighted by atomic mass is 9.87. The van der Waals surface area contributed by atoms with Gasteiger partial charge in [-0.3, -0.25) is 0 Å². The summed E-state index contributed by atoms with van der Waals surface area (Å²) in [5.41, 5.74) is 0.114. The molecule has 0 radical (unpaired) electrons.